The number of carbonyl (C=O) groups excluding carboxylic acids is 1. The predicted octanol–water partition coefficient (Wildman–Crippen LogP) is 2.60. The van der Waals surface area contributed by atoms with Gasteiger partial charge in [0.05, 0.1) is 7.11 Å². The molecule has 5 nitrogen and oxygen atoms in total. The fourth-order valence-corrected chi connectivity index (χ4v) is 2.19. The molecule has 2 aromatic rings. The molecule has 0 aromatic heterocycles. The monoisotopic (exact) mass is 314 g/mol. The lowest BCUT2D eigenvalue weighted by Gasteiger charge is -2.09. The van der Waals surface area contributed by atoms with E-state index in [0.29, 0.717) is 26.0 Å². The normalized spacial score (nSPS) is 10.2. The Kier molecular flexibility index (Phi) is 6.44. The van der Waals surface area contributed by atoms with Crippen LogP contribution in [0.15, 0.2) is 48.5 Å². The molecule has 0 aliphatic rings. The van der Waals surface area contributed by atoms with Gasteiger partial charge in [0.1, 0.15) is 18.1 Å². The van der Waals surface area contributed by atoms with E-state index in [4.69, 9.17) is 15.2 Å². The van der Waals surface area contributed by atoms with Crippen molar-refractivity contribution in [1.29, 1.82) is 0 Å². The molecule has 122 valence electrons. The van der Waals surface area contributed by atoms with Gasteiger partial charge in [-0.1, -0.05) is 18.2 Å². The largest absolute Gasteiger partial charge is 0.496 e. The molecule has 2 rings (SSSR count). The zero-order valence-electron chi connectivity index (χ0n) is 13.2. The number of benzene rings is 2. The molecule has 0 aliphatic carbocycles. The highest BCUT2D eigenvalue weighted by molar-refractivity contribution is 5.90. The highest BCUT2D eigenvalue weighted by Gasteiger charge is 2.07. The molecule has 0 atom stereocenters. The maximum Gasteiger partial charge on any atom is 0.224 e. The molecule has 0 aliphatic heterocycles. The fraction of sp³-hybridized carbons (Fsp3) is 0.278. The minimum absolute atomic E-state index is 0.0356. The number of methoxy groups -OCH3 is 1. The first-order valence-electron chi connectivity index (χ1n) is 7.57. The highest BCUT2D eigenvalue weighted by Crippen LogP contribution is 2.20. The zero-order valence-corrected chi connectivity index (χ0v) is 13.2. The molecule has 0 saturated heterocycles. The summed E-state index contributed by atoms with van der Waals surface area (Å²) in [6, 6.07) is 15.0. The van der Waals surface area contributed by atoms with E-state index >= 15 is 0 Å². The number of amides is 1. The minimum atomic E-state index is -0.0356. The number of para-hydroxylation sites is 1. The summed E-state index contributed by atoms with van der Waals surface area (Å²) in [5.41, 5.74) is 7.15. The summed E-state index contributed by atoms with van der Waals surface area (Å²) < 4.78 is 10.7. The van der Waals surface area contributed by atoms with Gasteiger partial charge in [-0.3, -0.25) is 4.79 Å². The van der Waals surface area contributed by atoms with Gasteiger partial charge >= 0.3 is 0 Å². The van der Waals surface area contributed by atoms with E-state index in [0.717, 1.165) is 22.7 Å². The van der Waals surface area contributed by atoms with Gasteiger partial charge in [0.25, 0.3) is 0 Å². The average Bonchev–Trinajstić information content (AvgIpc) is 2.59. The molecule has 5 heteroatoms. The molecule has 0 fully saturated rings. The van der Waals surface area contributed by atoms with Gasteiger partial charge < -0.3 is 20.5 Å². The number of anilines is 1. The SMILES string of the molecule is COc1ccccc1CCC(=O)Nc1ccc(OCCN)cc1. The van der Waals surface area contributed by atoms with Crippen LogP contribution in [0.5, 0.6) is 11.5 Å². The molecule has 23 heavy (non-hydrogen) atoms. The first-order valence-corrected chi connectivity index (χ1v) is 7.57. The Balaban J connectivity index is 1.84. The molecule has 1 amide bonds. The van der Waals surface area contributed by atoms with Crippen molar-refractivity contribution in [3.05, 3.63) is 54.1 Å². The fourth-order valence-electron chi connectivity index (χ4n) is 2.19. The van der Waals surface area contributed by atoms with Crippen LogP contribution >= 0.6 is 0 Å². The quantitative estimate of drug-likeness (QED) is 0.785. The summed E-state index contributed by atoms with van der Waals surface area (Å²) in [6.07, 6.45) is 1.03. The van der Waals surface area contributed by atoms with Crippen LogP contribution in [0.1, 0.15) is 12.0 Å². The van der Waals surface area contributed by atoms with Crippen molar-refractivity contribution in [3.8, 4) is 11.5 Å². The summed E-state index contributed by atoms with van der Waals surface area (Å²) >= 11 is 0. The number of hydrogen-bond acceptors (Lipinski definition) is 4. The Morgan fingerprint density at radius 1 is 1.13 bits per heavy atom. The molecule has 0 bridgehead atoms. The van der Waals surface area contributed by atoms with Gasteiger partial charge in [-0.05, 0) is 42.3 Å². The van der Waals surface area contributed by atoms with Crippen molar-refractivity contribution in [3.63, 3.8) is 0 Å². The van der Waals surface area contributed by atoms with Crippen molar-refractivity contribution in [2.45, 2.75) is 12.8 Å². The van der Waals surface area contributed by atoms with Crippen molar-refractivity contribution in [2.75, 3.05) is 25.6 Å². The lowest BCUT2D eigenvalue weighted by atomic mass is 10.1. The predicted molar refractivity (Wildman–Crippen MR) is 90.9 cm³/mol. The van der Waals surface area contributed by atoms with Crippen LogP contribution in [-0.2, 0) is 11.2 Å². The molecule has 0 heterocycles. The molecule has 0 spiro atoms. The maximum absolute atomic E-state index is 12.0. The first kappa shape index (κ1) is 16.8. The number of hydrogen-bond donors (Lipinski definition) is 2. The Morgan fingerprint density at radius 2 is 1.87 bits per heavy atom. The lowest BCUT2D eigenvalue weighted by Crippen LogP contribution is -2.13. The second kappa shape index (κ2) is 8.80. The molecule has 3 N–H and O–H groups in total. The number of ether oxygens (including phenoxy) is 2. The summed E-state index contributed by atoms with van der Waals surface area (Å²) in [4.78, 5) is 12.0. The molecule has 0 unspecified atom stereocenters. The van der Waals surface area contributed by atoms with Gasteiger partial charge in [0, 0.05) is 18.7 Å². The number of nitrogens with one attached hydrogen (secondary N) is 1. The van der Waals surface area contributed by atoms with Gasteiger partial charge in [-0.2, -0.15) is 0 Å². The van der Waals surface area contributed by atoms with E-state index < -0.39 is 0 Å². The van der Waals surface area contributed by atoms with Crippen LogP contribution in [0.4, 0.5) is 5.69 Å². The number of nitrogens with two attached hydrogens (primary N) is 1. The van der Waals surface area contributed by atoms with Crippen molar-refractivity contribution >= 4 is 11.6 Å². The number of aryl methyl sites for hydroxylation is 1. The minimum Gasteiger partial charge on any atom is -0.496 e. The van der Waals surface area contributed by atoms with E-state index in [1.807, 2.05) is 48.5 Å². The van der Waals surface area contributed by atoms with Crippen molar-refractivity contribution in [2.24, 2.45) is 5.73 Å². The van der Waals surface area contributed by atoms with Crippen LogP contribution in [0.2, 0.25) is 0 Å². The first-order chi connectivity index (χ1) is 11.2. The van der Waals surface area contributed by atoms with Crippen LogP contribution in [0.3, 0.4) is 0 Å². The van der Waals surface area contributed by atoms with Gasteiger partial charge in [-0.15, -0.1) is 0 Å². The molecular formula is C18H22N2O3. The summed E-state index contributed by atoms with van der Waals surface area (Å²) in [7, 11) is 1.63. The third-order valence-electron chi connectivity index (χ3n) is 3.34. The van der Waals surface area contributed by atoms with E-state index in [1.165, 1.54) is 0 Å². The Bertz CT molecular complexity index is 626. The van der Waals surface area contributed by atoms with Gasteiger partial charge in [0.2, 0.25) is 5.91 Å². The standard InChI is InChI=1S/C18H22N2O3/c1-22-17-5-3-2-4-14(17)6-11-18(21)20-15-7-9-16(10-8-15)23-13-12-19/h2-5,7-10H,6,11-13,19H2,1H3,(H,20,21). The van der Waals surface area contributed by atoms with E-state index in [9.17, 15) is 4.79 Å². The molecular weight excluding hydrogens is 292 g/mol. The molecule has 0 radical (unpaired) electrons. The average molecular weight is 314 g/mol. The highest BCUT2D eigenvalue weighted by atomic mass is 16.5. The van der Waals surface area contributed by atoms with Crippen LogP contribution < -0.4 is 20.5 Å². The lowest BCUT2D eigenvalue weighted by molar-refractivity contribution is -0.116. The Morgan fingerprint density at radius 3 is 2.57 bits per heavy atom. The van der Waals surface area contributed by atoms with E-state index in [-0.39, 0.29) is 5.91 Å². The van der Waals surface area contributed by atoms with Gasteiger partial charge in [-0.25, -0.2) is 0 Å². The summed E-state index contributed by atoms with van der Waals surface area (Å²) in [6.45, 7) is 0.950. The number of rotatable bonds is 8. The topological polar surface area (TPSA) is 73.6 Å². The van der Waals surface area contributed by atoms with E-state index in [2.05, 4.69) is 5.32 Å². The summed E-state index contributed by atoms with van der Waals surface area (Å²) in [5, 5.41) is 2.87. The van der Waals surface area contributed by atoms with Gasteiger partial charge in [0.15, 0.2) is 0 Å². The third kappa shape index (κ3) is 5.30. The Hall–Kier alpha value is -2.53. The van der Waals surface area contributed by atoms with Crippen LogP contribution in [0.25, 0.3) is 0 Å². The van der Waals surface area contributed by atoms with Crippen molar-refractivity contribution < 1.29 is 14.3 Å². The van der Waals surface area contributed by atoms with Crippen molar-refractivity contribution in [1.82, 2.24) is 0 Å². The van der Waals surface area contributed by atoms with E-state index in [1.54, 1.807) is 7.11 Å². The zero-order chi connectivity index (χ0) is 16.5. The smallest absolute Gasteiger partial charge is 0.224 e. The summed E-state index contributed by atoms with van der Waals surface area (Å²) in [5.74, 6) is 1.51. The van der Waals surface area contributed by atoms with Crippen LogP contribution in [-0.4, -0.2) is 26.2 Å². The Labute approximate surface area is 136 Å². The molecule has 2 aromatic carbocycles. The molecule has 0 saturated carbocycles. The van der Waals surface area contributed by atoms with Crippen LogP contribution in [0, 0.1) is 0 Å². The third-order valence-corrected chi connectivity index (χ3v) is 3.34. The maximum atomic E-state index is 12.0. The second-order valence-electron chi connectivity index (χ2n) is 5.02. The second-order valence-corrected chi connectivity index (χ2v) is 5.02. The number of carbonyl (C=O) groups is 1.